The molecule has 1 amide bonds. The third-order valence-corrected chi connectivity index (χ3v) is 6.82. The van der Waals surface area contributed by atoms with Crippen molar-refractivity contribution in [1.29, 1.82) is 0 Å². The number of carbonyl (C=O) groups excluding carboxylic acids is 1. The van der Waals surface area contributed by atoms with Gasteiger partial charge in [0.15, 0.2) is 0 Å². The van der Waals surface area contributed by atoms with Gasteiger partial charge in [0.2, 0.25) is 0 Å². The van der Waals surface area contributed by atoms with E-state index in [1.165, 1.54) is 6.42 Å². The molecule has 4 rings (SSSR count). The summed E-state index contributed by atoms with van der Waals surface area (Å²) in [5.41, 5.74) is 0.865. The Morgan fingerprint density at radius 2 is 2.00 bits per heavy atom. The lowest BCUT2D eigenvalue weighted by atomic mass is 9.77. The first-order valence-electron chi connectivity index (χ1n) is 10.3. The number of aryl methyl sites for hydroxylation is 1. The van der Waals surface area contributed by atoms with Crippen molar-refractivity contribution >= 4 is 5.91 Å². The molecule has 4 heterocycles. The van der Waals surface area contributed by atoms with Gasteiger partial charge in [0, 0.05) is 32.1 Å². The molecule has 0 saturated carbocycles. The fourth-order valence-corrected chi connectivity index (χ4v) is 5.10. The first kappa shape index (κ1) is 18.7. The van der Waals surface area contributed by atoms with E-state index < -0.39 is 5.63 Å². The Balaban J connectivity index is 1.48. The summed E-state index contributed by atoms with van der Waals surface area (Å²) in [6.45, 7) is 7.45. The predicted molar refractivity (Wildman–Crippen MR) is 104 cm³/mol. The molecule has 1 aromatic heterocycles. The summed E-state index contributed by atoms with van der Waals surface area (Å²) in [7, 11) is 2.17. The molecule has 1 spiro atoms. The predicted octanol–water partition coefficient (Wildman–Crippen LogP) is 1.97. The average molecular weight is 373 g/mol. The Morgan fingerprint density at radius 1 is 1.26 bits per heavy atom. The van der Waals surface area contributed by atoms with Crippen molar-refractivity contribution < 1.29 is 9.21 Å². The number of nitrogens with one attached hydrogen (secondary N) is 1. The Bertz CT molecular complexity index is 758. The topological polar surface area (TPSA) is 65.8 Å². The van der Waals surface area contributed by atoms with Gasteiger partial charge >= 0.3 is 5.63 Å². The zero-order valence-corrected chi connectivity index (χ0v) is 16.6. The van der Waals surface area contributed by atoms with Crippen LogP contribution in [0, 0.1) is 12.3 Å². The number of amides is 1. The van der Waals surface area contributed by atoms with Crippen LogP contribution in [0.2, 0.25) is 0 Å². The molecule has 3 fully saturated rings. The van der Waals surface area contributed by atoms with Gasteiger partial charge in [-0.1, -0.05) is 0 Å². The highest BCUT2D eigenvalue weighted by atomic mass is 16.4. The second-order valence-electron chi connectivity index (χ2n) is 8.82. The maximum atomic E-state index is 13.0. The summed E-state index contributed by atoms with van der Waals surface area (Å²) in [5, 5.41) is 3.35. The van der Waals surface area contributed by atoms with Crippen molar-refractivity contribution in [3.8, 4) is 0 Å². The van der Waals surface area contributed by atoms with Crippen LogP contribution in [0.15, 0.2) is 15.3 Å². The first-order valence-corrected chi connectivity index (χ1v) is 10.3. The van der Waals surface area contributed by atoms with E-state index in [2.05, 4.69) is 17.3 Å². The fraction of sp³-hybridized carbons (Fsp3) is 0.714. The average Bonchev–Trinajstić information content (AvgIpc) is 3.02. The molecule has 1 N–H and O–H groups in total. The molecular formula is C21H31N3O3. The molecule has 0 aromatic carbocycles. The summed E-state index contributed by atoms with van der Waals surface area (Å²) in [6.07, 6.45) is 5.37. The second kappa shape index (κ2) is 7.40. The number of hydrogen-bond donors (Lipinski definition) is 1. The van der Waals surface area contributed by atoms with Gasteiger partial charge in [-0.15, -0.1) is 0 Å². The summed E-state index contributed by atoms with van der Waals surface area (Å²) < 4.78 is 5.60. The number of rotatable bonds is 2. The van der Waals surface area contributed by atoms with Crippen molar-refractivity contribution in [3.63, 3.8) is 0 Å². The van der Waals surface area contributed by atoms with Crippen LogP contribution in [0.5, 0.6) is 0 Å². The van der Waals surface area contributed by atoms with Crippen molar-refractivity contribution in [3.05, 3.63) is 33.4 Å². The molecule has 6 heteroatoms. The van der Waals surface area contributed by atoms with Crippen molar-refractivity contribution in [2.24, 2.45) is 5.41 Å². The van der Waals surface area contributed by atoms with Gasteiger partial charge in [-0.25, -0.2) is 4.79 Å². The van der Waals surface area contributed by atoms with Gasteiger partial charge in [0.25, 0.3) is 5.91 Å². The van der Waals surface area contributed by atoms with Crippen LogP contribution >= 0.6 is 0 Å². The number of nitrogens with zero attached hydrogens (tertiary/aromatic N) is 2. The summed E-state index contributed by atoms with van der Waals surface area (Å²) >= 11 is 0. The summed E-state index contributed by atoms with van der Waals surface area (Å²) in [4.78, 5) is 29.9. The molecule has 1 atom stereocenters. The molecule has 0 bridgehead atoms. The van der Waals surface area contributed by atoms with Crippen LogP contribution in [0.3, 0.4) is 0 Å². The maximum Gasteiger partial charge on any atom is 0.349 e. The number of likely N-dealkylation sites (tertiary alicyclic amines) is 2. The molecule has 0 radical (unpaired) electrons. The quantitative estimate of drug-likeness (QED) is 0.859. The highest BCUT2D eigenvalue weighted by Gasteiger charge is 2.40. The highest BCUT2D eigenvalue weighted by molar-refractivity contribution is 5.95. The lowest BCUT2D eigenvalue weighted by molar-refractivity contribution is 0.0588. The lowest BCUT2D eigenvalue weighted by Crippen LogP contribution is -2.45. The summed E-state index contributed by atoms with van der Waals surface area (Å²) in [5.74, 6) is 0.784. The summed E-state index contributed by atoms with van der Waals surface area (Å²) in [6, 6.07) is 1.91. The van der Waals surface area contributed by atoms with E-state index in [1.807, 2.05) is 17.9 Å². The van der Waals surface area contributed by atoms with Gasteiger partial charge in [0.05, 0.1) is 0 Å². The molecule has 3 aliphatic rings. The van der Waals surface area contributed by atoms with Gasteiger partial charge in [-0.05, 0) is 76.2 Å². The monoisotopic (exact) mass is 373 g/mol. The van der Waals surface area contributed by atoms with Crippen molar-refractivity contribution in [2.75, 3.05) is 46.3 Å². The molecule has 1 aromatic rings. The van der Waals surface area contributed by atoms with Crippen LogP contribution in [0.25, 0.3) is 0 Å². The van der Waals surface area contributed by atoms with Crippen molar-refractivity contribution in [2.45, 2.75) is 44.9 Å². The molecule has 1 unspecified atom stereocenters. The minimum absolute atomic E-state index is 0.157. The van der Waals surface area contributed by atoms with E-state index in [4.69, 9.17) is 4.42 Å². The molecule has 0 aliphatic carbocycles. The Hall–Kier alpha value is -1.66. The Kier molecular flexibility index (Phi) is 5.12. The molecule has 27 heavy (non-hydrogen) atoms. The van der Waals surface area contributed by atoms with E-state index in [1.54, 1.807) is 0 Å². The number of piperidine rings is 2. The van der Waals surface area contributed by atoms with E-state index >= 15 is 0 Å². The normalized spacial score (nSPS) is 25.9. The van der Waals surface area contributed by atoms with Gasteiger partial charge in [0.1, 0.15) is 11.3 Å². The van der Waals surface area contributed by atoms with Gasteiger partial charge in [-0.3, -0.25) is 4.79 Å². The fourth-order valence-electron chi connectivity index (χ4n) is 5.10. The molecule has 3 saturated heterocycles. The Labute approximate surface area is 160 Å². The highest BCUT2D eigenvalue weighted by Crippen LogP contribution is 2.40. The largest absolute Gasteiger partial charge is 0.427 e. The van der Waals surface area contributed by atoms with Crippen LogP contribution in [-0.2, 0) is 0 Å². The van der Waals surface area contributed by atoms with E-state index in [0.717, 1.165) is 70.5 Å². The number of hydrogen-bond acceptors (Lipinski definition) is 5. The van der Waals surface area contributed by atoms with E-state index in [9.17, 15) is 9.59 Å². The van der Waals surface area contributed by atoms with Crippen LogP contribution in [0.4, 0.5) is 0 Å². The maximum absolute atomic E-state index is 13.0. The van der Waals surface area contributed by atoms with E-state index in [-0.39, 0.29) is 17.4 Å². The minimum Gasteiger partial charge on any atom is -0.427 e. The third-order valence-electron chi connectivity index (χ3n) is 6.82. The third kappa shape index (κ3) is 3.69. The van der Waals surface area contributed by atoms with Crippen LogP contribution in [-0.4, -0.2) is 62.0 Å². The molecule has 3 aliphatic heterocycles. The van der Waals surface area contributed by atoms with E-state index in [0.29, 0.717) is 11.2 Å². The zero-order chi connectivity index (χ0) is 19.0. The van der Waals surface area contributed by atoms with Crippen LogP contribution < -0.4 is 10.9 Å². The SMILES string of the molecule is Cc1cc(C2CCCNC2)oc(=O)c1C(=O)N1CCC2(CCN(C)C2)CC1. The lowest BCUT2D eigenvalue weighted by Gasteiger charge is -2.39. The zero-order valence-electron chi connectivity index (χ0n) is 16.6. The standard InChI is InChI=1S/C21H31N3O3/c1-15-12-17(16-4-3-8-22-13-16)27-20(26)18(15)19(25)24-10-6-21(7-11-24)5-9-23(2)14-21/h12,16,22H,3-11,13-14H2,1-2H3. The van der Waals surface area contributed by atoms with Gasteiger partial charge in [-0.2, -0.15) is 0 Å². The van der Waals surface area contributed by atoms with Gasteiger partial charge < -0.3 is 19.5 Å². The Morgan fingerprint density at radius 3 is 2.59 bits per heavy atom. The first-order chi connectivity index (χ1) is 13.0. The van der Waals surface area contributed by atoms with Crippen molar-refractivity contribution in [1.82, 2.24) is 15.1 Å². The second-order valence-corrected chi connectivity index (χ2v) is 8.82. The molecule has 148 valence electrons. The molecule has 6 nitrogen and oxygen atoms in total. The number of carbonyl (C=O) groups is 1. The molecular weight excluding hydrogens is 342 g/mol. The smallest absolute Gasteiger partial charge is 0.349 e. The minimum atomic E-state index is -0.471. The van der Waals surface area contributed by atoms with Crippen LogP contribution in [0.1, 0.15) is 59.7 Å².